The molecule has 3 heteroatoms. The van der Waals surface area contributed by atoms with E-state index in [4.69, 9.17) is 0 Å². The Kier molecular flexibility index (Phi) is 5.25. The Morgan fingerprint density at radius 1 is 1.42 bits per heavy atom. The maximum atomic E-state index is 11.6. The van der Waals surface area contributed by atoms with Crippen LogP contribution >= 0.6 is 0 Å². The summed E-state index contributed by atoms with van der Waals surface area (Å²) in [6.45, 7) is 3.91. The molecule has 0 bridgehead atoms. The number of rotatable bonds is 6. The van der Waals surface area contributed by atoms with E-state index in [0.717, 1.165) is 32.4 Å². The molecule has 0 aliphatic carbocycles. The molecular formula is C16H24N2O. The van der Waals surface area contributed by atoms with Crippen molar-refractivity contribution in [3.8, 4) is 0 Å². The predicted molar refractivity (Wildman–Crippen MR) is 79.5 cm³/mol. The number of amides is 1. The van der Waals surface area contributed by atoms with Crippen molar-refractivity contribution in [1.29, 1.82) is 0 Å². The number of aryl methyl sites for hydroxylation is 1. The van der Waals surface area contributed by atoms with Gasteiger partial charge in [-0.25, -0.2) is 0 Å². The van der Waals surface area contributed by atoms with Gasteiger partial charge in [0.2, 0.25) is 5.91 Å². The van der Waals surface area contributed by atoms with Gasteiger partial charge in [-0.2, -0.15) is 0 Å². The van der Waals surface area contributed by atoms with Gasteiger partial charge in [0.1, 0.15) is 0 Å². The van der Waals surface area contributed by atoms with Crippen molar-refractivity contribution in [3.05, 3.63) is 29.3 Å². The molecule has 1 aliphatic rings. The molecule has 1 aromatic carbocycles. The summed E-state index contributed by atoms with van der Waals surface area (Å²) in [5, 5.41) is 6.50. The van der Waals surface area contributed by atoms with Crippen molar-refractivity contribution in [2.75, 3.05) is 18.4 Å². The average molecular weight is 260 g/mol. The molecule has 0 fully saturated rings. The van der Waals surface area contributed by atoms with Crippen molar-refractivity contribution in [2.24, 2.45) is 0 Å². The minimum absolute atomic E-state index is 0.180. The van der Waals surface area contributed by atoms with E-state index in [-0.39, 0.29) is 5.91 Å². The molecule has 3 nitrogen and oxygen atoms in total. The number of hydrogen-bond acceptors (Lipinski definition) is 2. The van der Waals surface area contributed by atoms with Crippen LogP contribution in [-0.2, 0) is 17.6 Å². The Labute approximate surface area is 115 Å². The topological polar surface area (TPSA) is 41.1 Å². The first kappa shape index (κ1) is 13.9. The Bertz CT molecular complexity index is 429. The largest absolute Gasteiger partial charge is 0.385 e. The molecule has 0 unspecified atom stereocenters. The number of benzene rings is 1. The number of nitrogens with one attached hydrogen (secondary N) is 2. The number of carbonyl (C=O) groups is 1. The maximum Gasteiger partial charge on any atom is 0.220 e. The molecule has 0 aromatic heterocycles. The third-order valence-electron chi connectivity index (χ3n) is 3.64. The fraction of sp³-hybridized carbons (Fsp3) is 0.562. The van der Waals surface area contributed by atoms with E-state index in [1.54, 1.807) is 0 Å². The molecule has 1 heterocycles. The molecule has 0 radical (unpaired) electrons. The molecule has 0 saturated heterocycles. The van der Waals surface area contributed by atoms with Gasteiger partial charge in [0.25, 0.3) is 0 Å². The summed E-state index contributed by atoms with van der Waals surface area (Å²) < 4.78 is 0. The summed E-state index contributed by atoms with van der Waals surface area (Å²) in [6.07, 6.45) is 6.00. The molecule has 19 heavy (non-hydrogen) atoms. The molecule has 1 aliphatic heterocycles. The Balaban J connectivity index is 1.84. The highest BCUT2D eigenvalue weighted by atomic mass is 16.1. The van der Waals surface area contributed by atoms with Crippen molar-refractivity contribution in [3.63, 3.8) is 0 Å². The van der Waals surface area contributed by atoms with Crippen molar-refractivity contribution >= 4 is 11.6 Å². The highest BCUT2D eigenvalue weighted by molar-refractivity contribution is 5.75. The summed E-state index contributed by atoms with van der Waals surface area (Å²) >= 11 is 0. The van der Waals surface area contributed by atoms with Crippen LogP contribution in [0.3, 0.4) is 0 Å². The lowest BCUT2D eigenvalue weighted by molar-refractivity contribution is -0.121. The summed E-state index contributed by atoms with van der Waals surface area (Å²) in [6, 6.07) is 6.49. The monoisotopic (exact) mass is 260 g/mol. The van der Waals surface area contributed by atoms with Crippen LogP contribution in [0.4, 0.5) is 5.69 Å². The van der Waals surface area contributed by atoms with Crippen LogP contribution in [0.25, 0.3) is 0 Å². The highest BCUT2D eigenvalue weighted by Gasteiger charge is 2.11. The van der Waals surface area contributed by atoms with Crippen LogP contribution < -0.4 is 10.6 Å². The molecule has 0 saturated carbocycles. The van der Waals surface area contributed by atoms with Crippen LogP contribution in [0.1, 0.15) is 43.7 Å². The van der Waals surface area contributed by atoms with Crippen molar-refractivity contribution in [1.82, 2.24) is 5.32 Å². The second-order valence-electron chi connectivity index (χ2n) is 5.19. The molecule has 0 atom stereocenters. The van der Waals surface area contributed by atoms with Crippen LogP contribution in [-0.4, -0.2) is 19.0 Å². The summed E-state index contributed by atoms with van der Waals surface area (Å²) in [5.74, 6) is 0.180. The average Bonchev–Trinajstić information content (AvgIpc) is 2.45. The van der Waals surface area contributed by atoms with E-state index < -0.39 is 0 Å². The number of unbranched alkanes of at least 4 members (excludes halogenated alkanes) is 1. The minimum Gasteiger partial charge on any atom is -0.385 e. The van der Waals surface area contributed by atoms with Crippen LogP contribution in [0.5, 0.6) is 0 Å². The molecule has 2 N–H and O–H groups in total. The third-order valence-corrected chi connectivity index (χ3v) is 3.64. The third kappa shape index (κ3) is 3.98. The van der Waals surface area contributed by atoms with E-state index in [9.17, 15) is 4.79 Å². The zero-order valence-electron chi connectivity index (χ0n) is 11.8. The number of hydrogen-bond donors (Lipinski definition) is 2. The van der Waals surface area contributed by atoms with Gasteiger partial charge in [-0.15, -0.1) is 0 Å². The first-order valence-electron chi connectivity index (χ1n) is 7.42. The minimum atomic E-state index is 0.180. The van der Waals surface area contributed by atoms with E-state index in [1.165, 1.54) is 29.7 Å². The van der Waals surface area contributed by atoms with Crippen molar-refractivity contribution in [2.45, 2.75) is 45.4 Å². The van der Waals surface area contributed by atoms with E-state index in [2.05, 4.69) is 35.8 Å². The first-order chi connectivity index (χ1) is 9.31. The second kappa shape index (κ2) is 7.17. The maximum absolute atomic E-state index is 11.6. The number of carbonyl (C=O) groups excluding carboxylic acids is 1. The molecule has 1 aromatic rings. The zero-order chi connectivity index (χ0) is 13.5. The number of para-hydroxylation sites is 1. The standard InChI is InChI=1S/C16H24N2O/c1-2-3-9-15(19)17-12-10-14-7-4-6-13-8-5-11-18-16(13)14/h4,6-7,18H,2-3,5,8-12H2,1H3,(H,17,19). The highest BCUT2D eigenvalue weighted by Crippen LogP contribution is 2.26. The van der Waals surface area contributed by atoms with Gasteiger partial charge < -0.3 is 10.6 Å². The Morgan fingerprint density at radius 3 is 3.16 bits per heavy atom. The zero-order valence-corrected chi connectivity index (χ0v) is 11.8. The predicted octanol–water partition coefficient (Wildman–Crippen LogP) is 2.89. The van der Waals surface area contributed by atoms with Gasteiger partial charge in [-0.05, 0) is 36.8 Å². The lowest BCUT2D eigenvalue weighted by atomic mass is 9.98. The van der Waals surface area contributed by atoms with Gasteiger partial charge >= 0.3 is 0 Å². The molecule has 104 valence electrons. The lowest BCUT2D eigenvalue weighted by Crippen LogP contribution is -2.25. The normalized spacial score (nSPS) is 13.5. The summed E-state index contributed by atoms with van der Waals surface area (Å²) in [4.78, 5) is 11.6. The fourth-order valence-corrected chi connectivity index (χ4v) is 2.55. The Morgan fingerprint density at radius 2 is 2.32 bits per heavy atom. The van der Waals surface area contributed by atoms with Gasteiger partial charge in [0, 0.05) is 25.2 Å². The molecule has 2 rings (SSSR count). The first-order valence-corrected chi connectivity index (χ1v) is 7.42. The smallest absolute Gasteiger partial charge is 0.220 e. The van der Waals surface area contributed by atoms with Crippen LogP contribution in [0, 0.1) is 0 Å². The van der Waals surface area contributed by atoms with Crippen LogP contribution in [0.2, 0.25) is 0 Å². The SMILES string of the molecule is CCCCC(=O)NCCc1cccc2c1NCCC2. The van der Waals surface area contributed by atoms with Gasteiger partial charge in [0.05, 0.1) is 0 Å². The van der Waals surface area contributed by atoms with Crippen LogP contribution in [0.15, 0.2) is 18.2 Å². The van der Waals surface area contributed by atoms with Gasteiger partial charge in [0.15, 0.2) is 0 Å². The molecular weight excluding hydrogens is 236 g/mol. The van der Waals surface area contributed by atoms with Gasteiger partial charge in [-0.1, -0.05) is 31.5 Å². The van der Waals surface area contributed by atoms with Gasteiger partial charge in [-0.3, -0.25) is 4.79 Å². The summed E-state index contributed by atoms with van der Waals surface area (Å²) in [7, 11) is 0. The molecule has 0 spiro atoms. The summed E-state index contributed by atoms with van der Waals surface area (Å²) in [5.41, 5.74) is 4.05. The number of anilines is 1. The lowest BCUT2D eigenvalue weighted by Gasteiger charge is -2.21. The van der Waals surface area contributed by atoms with Crippen molar-refractivity contribution < 1.29 is 4.79 Å². The van der Waals surface area contributed by atoms with E-state index in [0.29, 0.717) is 6.42 Å². The van der Waals surface area contributed by atoms with E-state index in [1.807, 2.05) is 0 Å². The molecule has 1 amide bonds. The fourth-order valence-electron chi connectivity index (χ4n) is 2.55. The second-order valence-corrected chi connectivity index (χ2v) is 5.19. The van der Waals surface area contributed by atoms with E-state index >= 15 is 0 Å². The quantitative estimate of drug-likeness (QED) is 0.825. The number of fused-ring (bicyclic) bond motifs is 1. The Hall–Kier alpha value is -1.51.